The average Bonchev–Trinajstić information content (AvgIpc) is 3.48. The summed E-state index contributed by atoms with van der Waals surface area (Å²) in [5.41, 5.74) is 2.41. The van der Waals surface area contributed by atoms with E-state index in [4.69, 9.17) is 0 Å². The minimum absolute atomic E-state index is 0.00653. The van der Waals surface area contributed by atoms with Crippen molar-refractivity contribution in [1.82, 2.24) is 25.3 Å². The predicted molar refractivity (Wildman–Crippen MR) is 124 cm³/mol. The van der Waals surface area contributed by atoms with Gasteiger partial charge in [0.25, 0.3) is 0 Å². The molecule has 2 aliphatic rings. The SMILES string of the molecule is O=C(CN1CCCC1)N[C@@]1(c2ccccc2)CCN(Cc2ccc3cn[nH]c3c2)C[C@H]1O. The lowest BCUT2D eigenvalue weighted by Crippen LogP contribution is -2.62. The van der Waals surface area contributed by atoms with E-state index in [2.05, 4.69) is 43.5 Å². The zero-order chi connectivity index (χ0) is 22.0. The number of amides is 1. The summed E-state index contributed by atoms with van der Waals surface area (Å²) in [6.07, 6.45) is 4.09. The number of hydrogen-bond donors (Lipinski definition) is 3. The van der Waals surface area contributed by atoms with Crippen molar-refractivity contribution >= 4 is 16.8 Å². The lowest BCUT2D eigenvalue weighted by atomic mass is 9.78. The van der Waals surface area contributed by atoms with Gasteiger partial charge in [-0.15, -0.1) is 0 Å². The van der Waals surface area contributed by atoms with Gasteiger partial charge in [0.1, 0.15) is 0 Å². The van der Waals surface area contributed by atoms with Crippen LogP contribution in [0.4, 0.5) is 0 Å². The highest BCUT2D eigenvalue weighted by molar-refractivity contribution is 5.79. The number of aliphatic hydroxyl groups is 1. The Labute approximate surface area is 188 Å². The number of rotatable bonds is 6. The van der Waals surface area contributed by atoms with Gasteiger partial charge in [0.05, 0.1) is 29.9 Å². The van der Waals surface area contributed by atoms with Gasteiger partial charge in [0.2, 0.25) is 5.91 Å². The van der Waals surface area contributed by atoms with Crippen LogP contribution in [0.2, 0.25) is 0 Å². The summed E-state index contributed by atoms with van der Waals surface area (Å²) in [6.45, 7) is 4.39. The average molecular weight is 434 g/mol. The molecule has 2 saturated heterocycles. The molecule has 2 aromatic carbocycles. The maximum atomic E-state index is 13.0. The van der Waals surface area contributed by atoms with E-state index < -0.39 is 11.6 Å². The molecule has 3 N–H and O–H groups in total. The molecule has 0 spiro atoms. The molecule has 3 aromatic rings. The number of hydrogen-bond acceptors (Lipinski definition) is 5. The molecule has 1 amide bonds. The minimum Gasteiger partial charge on any atom is -0.389 e. The number of carbonyl (C=O) groups is 1. The highest BCUT2D eigenvalue weighted by Gasteiger charge is 2.45. The van der Waals surface area contributed by atoms with Crippen LogP contribution in [0.3, 0.4) is 0 Å². The van der Waals surface area contributed by atoms with Crippen LogP contribution in [0.5, 0.6) is 0 Å². The fourth-order valence-electron chi connectivity index (χ4n) is 5.20. The number of aromatic amines is 1. The van der Waals surface area contributed by atoms with Gasteiger partial charge >= 0.3 is 0 Å². The Balaban J connectivity index is 1.32. The fraction of sp³-hybridized carbons (Fsp3) is 0.440. The van der Waals surface area contributed by atoms with E-state index in [1.165, 1.54) is 5.56 Å². The molecule has 2 aliphatic heterocycles. The first-order valence-corrected chi connectivity index (χ1v) is 11.5. The van der Waals surface area contributed by atoms with Gasteiger partial charge in [0, 0.05) is 25.0 Å². The quantitative estimate of drug-likeness (QED) is 0.555. The van der Waals surface area contributed by atoms with Crippen LogP contribution in [-0.2, 0) is 16.9 Å². The summed E-state index contributed by atoms with van der Waals surface area (Å²) in [5.74, 6) is -0.00653. The summed E-state index contributed by atoms with van der Waals surface area (Å²) < 4.78 is 0. The van der Waals surface area contributed by atoms with Crippen LogP contribution in [0.15, 0.2) is 54.7 Å². The van der Waals surface area contributed by atoms with Crippen LogP contribution < -0.4 is 5.32 Å². The lowest BCUT2D eigenvalue weighted by Gasteiger charge is -2.46. The topological polar surface area (TPSA) is 84.5 Å². The molecule has 0 bridgehead atoms. The summed E-state index contributed by atoms with van der Waals surface area (Å²) >= 11 is 0. The second-order valence-electron chi connectivity index (χ2n) is 9.16. The third kappa shape index (κ3) is 4.28. The number of nitrogens with zero attached hydrogens (tertiary/aromatic N) is 3. The van der Waals surface area contributed by atoms with Gasteiger partial charge in [-0.25, -0.2) is 0 Å². The van der Waals surface area contributed by atoms with Crippen molar-refractivity contribution in [1.29, 1.82) is 0 Å². The van der Waals surface area contributed by atoms with E-state index in [1.807, 2.05) is 36.5 Å². The Kier molecular flexibility index (Phi) is 5.95. The molecule has 0 aliphatic carbocycles. The first-order valence-electron chi connectivity index (χ1n) is 11.5. The van der Waals surface area contributed by atoms with Gasteiger partial charge < -0.3 is 10.4 Å². The molecular weight excluding hydrogens is 402 g/mol. The molecule has 7 heteroatoms. The van der Waals surface area contributed by atoms with Gasteiger partial charge in [0.15, 0.2) is 0 Å². The number of nitrogens with one attached hydrogen (secondary N) is 2. The van der Waals surface area contributed by atoms with Gasteiger partial charge in [-0.1, -0.05) is 42.5 Å². The molecule has 0 radical (unpaired) electrons. The Bertz CT molecular complexity index is 1060. The van der Waals surface area contributed by atoms with E-state index in [9.17, 15) is 9.90 Å². The molecule has 168 valence electrons. The highest BCUT2D eigenvalue weighted by Crippen LogP contribution is 2.34. The number of aromatic nitrogens is 2. The first kappa shape index (κ1) is 21.1. The summed E-state index contributed by atoms with van der Waals surface area (Å²) in [7, 11) is 0. The number of fused-ring (bicyclic) bond motifs is 1. The second kappa shape index (κ2) is 9.02. The van der Waals surface area contributed by atoms with Crippen molar-refractivity contribution < 1.29 is 9.90 Å². The number of piperidine rings is 1. The molecule has 0 saturated carbocycles. The normalized spacial score (nSPS) is 24.7. The zero-order valence-corrected chi connectivity index (χ0v) is 18.3. The van der Waals surface area contributed by atoms with E-state index in [1.54, 1.807) is 0 Å². The Morgan fingerprint density at radius 1 is 1.12 bits per heavy atom. The van der Waals surface area contributed by atoms with Crippen LogP contribution in [0.25, 0.3) is 10.9 Å². The number of carbonyl (C=O) groups excluding carboxylic acids is 1. The van der Waals surface area contributed by atoms with Crippen molar-refractivity contribution in [2.45, 2.75) is 37.5 Å². The molecule has 2 fully saturated rings. The van der Waals surface area contributed by atoms with Crippen LogP contribution >= 0.6 is 0 Å². The molecule has 0 unspecified atom stereocenters. The Morgan fingerprint density at radius 2 is 1.94 bits per heavy atom. The van der Waals surface area contributed by atoms with Crippen molar-refractivity contribution in [3.8, 4) is 0 Å². The predicted octanol–water partition coefficient (Wildman–Crippen LogP) is 2.24. The van der Waals surface area contributed by atoms with Crippen LogP contribution in [0.1, 0.15) is 30.4 Å². The minimum atomic E-state index is -0.762. The maximum absolute atomic E-state index is 13.0. The van der Waals surface area contributed by atoms with Crippen molar-refractivity contribution in [3.63, 3.8) is 0 Å². The number of benzene rings is 2. The van der Waals surface area contributed by atoms with Gasteiger partial charge in [-0.05, 0) is 49.5 Å². The first-order chi connectivity index (χ1) is 15.6. The Morgan fingerprint density at radius 3 is 2.72 bits per heavy atom. The second-order valence-corrected chi connectivity index (χ2v) is 9.16. The molecule has 32 heavy (non-hydrogen) atoms. The molecule has 7 nitrogen and oxygen atoms in total. The number of aliphatic hydroxyl groups excluding tert-OH is 1. The standard InChI is InChI=1S/C25H31N5O2/c31-23-17-30(16-19-8-9-20-15-26-28-22(20)14-19)13-10-25(23,21-6-2-1-3-7-21)27-24(32)18-29-11-4-5-12-29/h1-3,6-9,14-15,23,31H,4-5,10-13,16-18H2,(H,26,28)(H,27,32)/t23-,25-/m1/s1. The fourth-order valence-corrected chi connectivity index (χ4v) is 5.20. The van der Waals surface area contributed by atoms with Crippen LogP contribution in [0, 0.1) is 0 Å². The summed E-state index contributed by atoms with van der Waals surface area (Å²) in [6, 6.07) is 16.2. The molecule has 1 aromatic heterocycles. The van der Waals surface area contributed by atoms with Gasteiger partial charge in [-0.3, -0.25) is 19.7 Å². The van der Waals surface area contributed by atoms with E-state index >= 15 is 0 Å². The zero-order valence-electron chi connectivity index (χ0n) is 18.3. The third-order valence-corrected chi connectivity index (χ3v) is 6.95. The van der Waals surface area contributed by atoms with E-state index in [0.29, 0.717) is 19.5 Å². The largest absolute Gasteiger partial charge is 0.389 e. The highest BCUT2D eigenvalue weighted by atomic mass is 16.3. The van der Waals surface area contributed by atoms with Crippen LogP contribution in [-0.4, -0.2) is 69.8 Å². The maximum Gasteiger partial charge on any atom is 0.234 e. The smallest absolute Gasteiger partial charge is 0.234 e. The number of likely N-dealkylation sites (tertiary alicyclic amines) is 2. The Hall–Kier alpha value is -2.74. The molecule has 5 rings (SSSR count). The number of H-pyrrole nitrogens is 1. The van der Waals surface area contributed by atoms with Crippen molar-refractivity contribution in [2.75, 3.05) is 32.7 Å². The third-order valence-electron chi connectivity index (χ3n) is 6.95. The number of β-amino-alcohol motifs (C(OH)–C–C–N with tert-alkyl or cyclic N) is 1. The molecule has 2 atom stereocenters. The van der Waals surface area contributed by atoms with Crippen molar-refractivity contribution in [2.24, 2.45) is 0 Å². The van der Waals surface area contributed by atoms with E-state index in [0.717, 1.165) is 55.5 Å². The van der Waals surface area contributed by atoms with E-state index in [-0.39, 0.29) is 5.91 Å². The lowest BCUT2D eigenvalue weighted by molar-refractivity contribution is -0.128. The molecule has 3 heterocycles. The monoisotopic (exact) mass is 433 g/mol. The molecular formula is C25H31N5O2. The summed E-state index contributed by atoms with van der Waals surface area (Å²) in [5, 5.41) is 22.9. The van der Waals surface area contributed by atoms with Crippen molar-refractivity contribution in [3.05, 3.63) is 65.9 Å². The summed E-state index contributed by atoms with van der Waals surface area (Å²) in [4.78, 5) is 17.4. The van der Waals surface area contributed by atoms with Gasteiger partial charge in [-0.2, -0.15) is 5.10 Å².